The molecule has 0 fully saturated rings. The van der Waals surface area contributed by atoms with Crippen LogP contribution in [0.1, 0.15) is 36.7 Å². The Kier molecular flexibility index (Phi) is 2.67. The zero-order valence-electron chi connectivity index (χ0n) is 9.30. The second kappa shape index (κ2) is 3.64. The Labute approximate surface area is 104 Å². The molecule has 0 saturated carbocycles. The smallest absolute Gasteiger partial charge is 0.256 e. The van der Waals surface area contributed by atoms with Crippen molar-refractivity contribution in [2.75, 3.05) is 0 Å². The summed E-state index contributed by atoms with van der Waals surface area (Å²) in [7, 11) is 0. The molecule has 1 aliphatic rings. The summed E-state index contributed by atoms with van der Waals surface area (Å²) in [6, 6.07) is 3.38. The number of hydrogen-bond acceptors (Lipinski definition) is 2. The van der Waals surface area contributed by atoms with Crippen molar-refractivity contribution in [3.8, 4) is 5.75 Å². The molecule has 0 amide bonds. The van der Waals surface area contributed by atoms with Gasteiger partial charge in [-0.2, -0.15) is 0 Å². The summed E-state index contributed by atoms with van der Waals surface area (Å²) in [4.78, 5) is 11.3. The maximum atomic E-state index is 11.3. The number of benzene rings is 1. The summed E-state index contributed by atoms with van der Waals surface area (Å²) in [6.07, 6.45) is -0.00395. The van der Waals surface area contributed by atoms with Crippen LogP contribution in [-0.2, 0) is 5.41 Å². The standard InChI is InChI=1S/C12H12Cl2O2/c1-6-12(2,3)9-5-7(13)4-8(11(14)15)10(9)16-6/h4-6H,1-3H3. The van der Waals surface area contributed by atoms with Crippen LogP contribution in [0.25, 0.3) is 0 Å². The van der Waals surface area contributed by atoms with Gasteiger partial charge in [-0.05, 0) is 30.7 Å². The SMILES string of the molecule is CC1Oc2c(C(=O)Cl)cc(Cl)cc2C1(C)C. The molecule has 0 saturated heterocycles. The molecular weight excluding hydrogens is 247 g/mol. The third-order valence-electron chi connectivity index (χ3n) is 3.27. The Morgan fingerprint density at radius 1 is 1.44 bits per heavy atom. The molecule has 0 aromatic heterocycles. The van der Waals surface area contributed by atoms with E-state index in [-0.39, 0.29) is 11.5 Å². The first-order chi connectivity index (χ1) is 7.34. The minimum Gasteiger partial charge on any atom is -0.489 e. The molecule has 16 heavy (non-hydrogen) atoms. The van der Waals surface area contributed by atoms with E-state index < -0.39 is 5.24 Å². The molecule has 2 rings (SSSR count). The molecule has 0 aliphatic carbocycles. The average molecular weight is 259 g/mol. The molecule has 1 aromatic carbocycles. The van der Waals surface area contributed by atoms with Crippen LogP contribution >= 0.6 is 23.2 Å². The van der Waals surface area contributed by atoms with E-state index in [1.165, 1.54) is 0 Å². The van der Waals surface area contributed by atoms with Crippen LogP contribution in [0.2, 0.25) is 5.02 Å². The van der Waals surface area contributed by atoms with E-state index in [0.717, 1.165) is 5.56 Å². The zero-order valence-corrected chi connectivity index (χ0v) is 10.8. The van der Waals surface area contributed by atoms with Crippen LogP contribution in [0.15, 0.2) is 12.1 Å². The number of rotatable bonds is 1. The fraction of sp³-hybridized carbons (Fsp3) is 0.417. The van der Waals surface area contributed by atoms with Gasteiger partial charge in [0, 0.05) is 16.0 Å². The number of fused-ring (bicyclic) bond motifs is 1. The van der Waals surface area contributed by atoms with Gasteiger partial charge in [0.25, 0.3) is 5.24 Å². The van der Waals surface area contributed by atoms with Crippen LogP contribution in [0.3, 0.4) is 0 Å². The Hall–Kier alpha value is -0.730. The van der Waals surface area contributed by atoms with Crippen LogP contribution in [0.4, 0.5) is 0 Å². The molecule has 1 unspecified atom stereocenters. The van der Waals surface area contributed by atoms with Gasteiger partial charge in [-0.1, -0.05) is 25.4 Å². The highest BCUT2D eigenvalue weighted by atomic mass is 35.5. The Balaban J connectivity index is 2.70. The van der Waals surface area contributed by atoms with Crippen LogP contribution in [0, 0.1) is 0 Å². The van der Waals surface area contributed by atoms with Crippen LogP contribution < -0.4 is 4.74 Å². The van der Waals surface area contributed by atoms with E-state index in [9.17, 15) is 4.79 Å². The third-order valence-corrected chi connectivity index (χ3v) is 3.69. The molecule has 0 spiro atoms. The van der Waals surface area contributed by atoms with Crippen molar-refractivity contribution < 1.29 is 9.53 Å². The van der Waals surface area contributed by atoms with Crippen LogP contribution in [-0.4, -0.2) is 11.3 Å². The molecule has 2 nitrogen and oxygen atoms in total. The predicted octanol–water partition coefficient (Wildman–Crippen LogP) is 3.78. The Bertz CT molecular complexity index is 466. The maximum absolute atomic E-state index is 11.3. The van der Waals surface area contributed by atoms with Crippen molar-refractivity contribution in [1.82, 2.24) is 0 Å². The lowest BCUT2D eigenvalue weighted by molar-refractivity contribution is 0.107. The third kappa shape index (κ3) is 1.61. The van der Waals surface area contributed by atoms with E-state index >= 15 is 0 Å². The summed E-state index contributed by atoms with van der Waals surface area (Å²) >= 11 is 11.5. The molecule has 1 aromatic rings. The second-order valence-electron chi connectivity index (χ2n) is 4.59. The molecule has 86 valence electrons. The fourth-order valence-electron chi connectivity index (χ4n) is 1.89. The summed E-state index contributed by atoms with van der Waals surface area (Å²) in [5.74, 6) is 0.571. The number of carbonyl (C=O) groups excluding carboxylic acids is 1. The summed E-state index contributed by atoms with van der Waals surface area (Å²) < 4.78 is 5.71. The molecule has 4 heteroatoms. The number of halogens is 2. The van der Waals surface area contributed by atoms with Crippen molar-refractivity contribution in [3.63, 3.8) is 0 Å². The molecule has 1 heterocycles. The summed E-state index contributed by atoms with van der Waals surface area (Å²) in [5.41, 5.74) is 1.12. The summed E-state index contributed by atoms with van der Waals surface area (Å²) in [6.45, 7) is 6.08. The second-order valence-corrected chi connectivity index (χ2v) is 5.37. The average Bonchev–Trinajstić information content (AvgIpc) is 2.39. The van der Waals surface area contributed by atoms with Crippen molar-refractivity contribution in [2.24, 2.45) is 0 Å². The van der Waals surface area contributed by atoms with Gasteiger partial charge in [0.2, 0.25) is 0 Å². The van der Waals surface area contributed by atoms with Gasteiger partial charge in [-0.15, -0.1) is 0 Å². The molecule has 0 radical (unpaired) electrons. The maximum Gasteiger partial charge on any atom is 0.256 e. The predicted molar refractivity (Wildman–Crippen MR) is 64.8 cm³/mol. The molecule has 1 atom stereocenters. The molecular formula is C12H12Cl2O2. The van der Waals surface area contributed by atoms with Crippen molar-refractivity contribution in [1.29, 1.82) is 0 Å². The van der Waals surface area contributed by atoms with Gasteiger partial charge in [0.1, 0.15) is 11.9 Å². The van der Waals surface area contributed by atoms with Gasteiger partial charge in [-0.25, -0.2) is 0 Å². The van der Waals surface area contributed by atoms with E-state index in [2.05, 4.69) is 13.8 Å². The van der Waals surface area contributed by atoms with Crippen molar-refractivity contribution in [3.05, 3.63) is 28.3 Å². The van der Waals surface area contributed by atoms with Crippen molar-refractivity contribution in [2.45, 2.75) is 32.3 Å². The summed E-state index contributed by atoms with van der Waals surface area (Å²) in [5, 5.41) is -0.0304. The lowest BCUT2D eigenvalue weighted by Crippen LogP contribution is -2.28. The molecule has 1 aliphatic heterocycles. The number of ether oxygens (including phenoxy) is 1. The van der Waals surface area contributed by atoms with Crippen LogP contribution in [0.5, 0.6) is 5.75 Å². The van der Waals surface area contributed by atoms with Gasteiger partial charge in [-0.3, -0.25) is 4.79 Å². The van der Waals surface area contributed by atoms with Gasteiger partial charge >= 0.3 is 0 Å². The Morgan fingerprint density at radius 3 is 2.62 bits per heavy atom. The van der Waals surface area contributed by atoms with Gasteiger partial charge < -0.3 is 4.74 Å². The fourth-order valence-corrected chi connectivity index (χ4v) is 2.25. The zero-order chi connectivity index (χ0) is 12.1. The van der Waals surface area contributed by atoms with E-state index in [1.807, 2.05) is 13.0 Å². The first-order valence-electron chi connectivity index (χ1n) is 5.04. The van der Waals surface area contributed by atoms with E-state index in [4.69, 9.17) is 27.9 Å². The van der Waals surface area contributed by atoms with E-state index in [0.29, 0.717) is 16.3 Å². The molecule has 0 bridgehead atoms. The first kappa shape index (κ1) is 11.7. The quantitative estimate of drug-likeness (QED) is 0.717. The highest BCUT2D eigenvalue weighted by molar-refractivity contribution is 6.68. The van der Waals surface area contributed by atoms with Crippen molar-refractivity contribution >= 4 is 28.4 Å². The molecule has 0 N–H and O–H groups in total. The number of carbonyl (C=O) groups is 1. The normalized spacial score (nSPS) is 21.4. The van der Waals surface area contributed by atoms with E-state index in [1.54, 1.807) is 6.07 Å². The first-order valence-corrected chi connectivity index (χ1v) is 5.80. The highest BCUT2D eigenvalue weighted by Crippen LogP contribution is 2.46. The van der Waals surface area contributed by atoms with Gasteiger partial charge in [0.15, 0.2) is 0 Å². The Morgan fingerprint density at radius 2 is 2.06 bits per heavy atom. The lowest BCUT2D eigenvalue weighted by atomic mass is 9.81. The topological polar surface area (TPSA) is 26.3 Å². The van der Waals surface area contributed by atoms with Gasteiger partial charge in [0.05, 0.1) is 5.56 Å². The lowest BCUT2D eigenvalue weighted by Gasteiger charge is -2.22. The highest BCUT2D eigenvalue weighted by Gasteiger charge is 2.40. The minimum atomic E-state index is -0.538. The monoisotopic (exact) mass is 258 g/mol. The number of hydrogen-bond donors (Lipinski definition) is 0. The minimum absolute atomic E-state index is 0.00395. The largest absolute Gasteiger partial charge is 0.489 e.